The Morgan fingerprint density at radius 1 is 1.16 bits per heavy atom. The van der Waals surface area contributed by atoms with Crippen LogP contribution < -0.4 is 4.74 Å². The van der Waals surface area contributed by atoms with Crippen LogP contribution in [0.25, 0.3) is 0 Å². The van der Waals surface area contributed by atoms with Gasteiger partial charge >= 0.3 is 5.97 Å². The summed E-state index contributed by atoms with van der Waals surface area (Å²) in [6.07, 6.45) is 3.23. The van der Waals surface area contributed by atoms with Gasteiger partial charge < -0.3 is 19.3 Å². The van der Waals surface area contributed by atoms with E-state index < -0.39 is 5.97 Å². The number of rotatable bonds is 1. The van der Waals surface area contributed by atoms with Gasteiger partial charge in [-0.3, -0.25) is 4.79 Å². The van der Waals surface area contributed by atoms with Crippen LogP contribution in [0, 0.1) is 0 Å². The summed E-state index contributed by atoms with van der Waals surface area (Å²) in [5, 5.41) is 10.3. The molecule has 136 valence electrons. The number of phenolic OH excluding ortho intramolecular Hbond substituents is 1. The fourth-order valence-electron chi connectivity index (χ4n) is 3.34. The lowest BCUT2D eigenvalue weighted by molar-refractivity contribution is -0.119. The van der Waals surface area contributed by atoms with Crippen molar-refractivity contribution in [2.24, 2.45) is 0 Å². The standard InChI is InChI=1S/C19H24O6/c1-11-5-3-6-12(20)7-4-8-16-18(25-16)14-9-13(23-2)10-15(21)17(14)19(22)24-11/h9-11,16,18,21H,3-8H2,1-2H3. The van der Waals surface area contributed by atoms with Gasteiger partial charge in [-0.2, -0.15) is 0 Å². The van der Waals surface area contributed by atoms with E-state index in [0.29, 0.717) is 37.0 Å². The number of carbonyl (C=O) groups is 2. The maximum absolute atomic E-state index is 12.6. The second-order valence-corrected chi connectivity index (χ2v) is 6.74. The fourth-order valence-corrected chi connectivity index (χ4v) is 3.34. The molecule has 1 fully saturated rings. The van der Waals surface area contributed by atoms with Gasteiger partial charge in [-0.1, -0.05) is 0 Å². The molecule has 3 rings (SSSR count). The zero-order chi connectivity index (χ0) is 18.0. The number of Topliss-reactive ketones (excluding diaryl/α,β-unsaturated/α-hetero) is 1. The highest BCUT2D eigenvalue weighted by molar-refractivity contribution is 5.95. The molecule has 2 aliphatic rings. The summed E-state index contributed by atoms with van der Waals surface area (Å²) in [5.74, 6) is -0.0292. The lowest BCUT2D eigenvalue weighted by Gasteiger charge is -2.16. The first kappa shape index (κ1) is 17.7. The van der Waals surface area contributed by atoms with E-state index in [2.05, 4.69) is 0 Å². The molecule has 0 aliphatic carbocycles. The number of epoxide rings is 1. The first-order chi connectivity index (χ1) is 12.0. The molecule has 3 unspecified atom stereocenters. The number of aromatic hydroxyl groups is 1. The van der Waals surface area contributed by atoms with E-state index in [9.17, 15) is 14.7 Å². The Labute approximate surface area is 147 Å². The lowest BCUT2D eigenvalue weighted by Crippen LogP contribution is -2.17. The molecule has 2 heterocycles. The van der Waals surface area contributed by atoms with Crippen molar-refractivity contribution in [2.45, 2.75) is 63.8 Å². The molecule has 0 radical (unpaired) electrons. The smallest absolute Gasteiger partial charge is 0.342 e. The Morgan fingerprint density at radius 3 is 2.60 bits per heavy atom. The summed E-state index contributed by atoms with van der Waals surface area (Å²) in [6.45, 7) is 1.80. The summed E-state index contributed by atoms with van der Waals surface area (Å²) >= 11 is 0. The molecule has 1 saturated heterocycles. The minimum absolute atomic E-state index is 0.0498. The number of benzene rings is 1. The van der Waals surface area contributed by atoms with Crippen molar-refractivity contribution in [2.75, 3.05) is 7.11 Å². The molecule has 1 N–H and O–H groups in total. The molecule has 3 atom stereocenters. The summed E-state index contributed by atoms with van der Waals surface area (Å²) in [4.78, 5) is 24.5. The topological polar surface area (TPSA) is 85.4 Å². The number of esters is 1. The zero-order valence-corrected chi connectivity index (χ0v) is 14.6. The van der Waals surface area contributed by atoms with Gasteiger partial charge in [0.2, 0.25) is 0 Å². The third kappa shape index (κ3) is 4.12. The zero-order valence-electron chi connectivity index (χ0n) is 14.6. The Bertz CT molecular complexity index is 668. The van der Waals surface area contributed by atoms with Gasteiger partial charge in [-0.25, -0.2) is 4.79 Å². The second-order valence-electron chi connectivity index (χ2n) is 6.74. The number of fused-ring (bicyclic) bond motifs is 3. The van der Waals surface area contributed by atoms with Gasteiger partial charge in [-0.15, -0.1) is 0 Å². The summed E-state index contributed by atoms with van der Waals surface area (Å²) in [5.41, 5.74) is 0.732. The number of ketones is 1. The van der Waals surface area contributed by atoms with E-state index in [1.54, 1.807) is 13.0 Å². The fraction of sp³-hybridized carbons (Fsp3) is 0.579. The van der Waals surface area contributed by atoms with Gasteiger partial charge in [0.15, 0.2) is 0 Å². The highest BCUT2D eigenvalue weighted by Gasteiger charge is 2.43. The molecule has 0 saturated carbocycles. The van der Waals surface area contributed by atoms with Crippen LogP contribution in [0.2, 0.25) is 0 Å². The van der Waals surface area contributed by atoms with Crippen molar-refractivity contribution < 1.29 is 28.9 Å². The first-order valence-electron chi connectivity index (χ1n) is 8.78. The van der Waals surface area contributed by atoms with E-state index >= 15 is 0 Å². The van der Waals surface area contributed by atoms with Crippen LogP contribution in [0.3, 0.4) is 0 Å². The third-order valence-corrected chi connectivity index (χ3v) is 4.77. The Hall–Kier alpha value is -2.08. The molecule has 25 heavy (non-hydrogen) atoms. The molecule has 0 aromatic heterocycles. The molecule has 2 aliphatic heterocycles. The van der Waals surface area contributed by atoms with Crippen molar-refractivity contribution in [3.8, 4) is 11.5 Å². The van der Waals surface area contributed by atoms with E-state index in [0.717, 1.165) is 12.8 Å². The van der Waals surface area contributed by atoms with Crippen molar-refractivity contribution in [3.05, 3.63) is 23.3 Å². The third-order valence-electron chi connectivity index (χ3n) is 4.77. The summed E-state index contributed by atoms with van der Waals surface area (Å²) in [6, 6.07) is 3.12. The number of ether oxygens (including phenoxy) is 3. The highest BCUT2D eigenvalue weighted by Crippen LogP contribution is 2.46. The monoisotopic (exact) mass is 348 g/mol. The van der Waals surface area contributed by atoms with Crippen LogP contribution in [0.15, 0.2) is 12.1 Å². The average molecular weight is 348 g/mol. The van der Waals surface area contributed by atoms with E-state index in [1.807, 2.05) is 0 Å². The van der Waals surface area contributed by atoms with Crippen molar-refractivity contribution in [1.82, 2.24) is 0 Å². The molecular weight excluding hydrogens is 324 g/mol. The van der Waals surface area contributed by atoms with Crippen LogP contribution >= 0.6 is 0 Å². The number of carbonyl (C=O) groups excluding carboxylic acids is 2. The van der Waals surface area contributed by atoms with Crippen molar-refractivity contribution in [1.29, 1.82) is 0 Å². The minimum atomic E-state index is -0.569. The minimum Gasteiger partial charge on any atom is -0.507 e. The van der Waals surface area contributed by atoms with Gasteiger partial charge in [0.05, 0.1) is 19.3 Å². The number of cyclic esters (lactones) is 1. The first-order valence-corrected chi connectivity index (χ1v) is 8.78. The highest BCUT2D eigenvalue weighted by atomic mass is 16.6. The van der Waals surface area contributed by atoms with E-state index in [1.165, 1.54) is 13.2 Å². The number of phenols is 1. The quantitative estimate of drug-likeness (QED) is 0.619. The van der Waals surface area contributed by atoms with Crippen LogP contribution in [-0.2, 0) is 14.3 Å². The van der Waals surface area contributed by atoms with Crippen LogP contribution in [0.5, 0.6) is 11.5 Å². The van der Waals surface area contributed by atoms with Crippen molar-refractivity contribution in [3.63, 3.8) is 0 Å². The SMILES string of the molecule is COc1cc(O)c2c(c1)C1OC1CCCC(=O)CCCC(C)OC2=O. The van der Waals surface area contributed by atoms with Crippen LogP contribution in [0.4, 0.5) is 0 Å². The number of hydrogen-bond donors (Lipinski definition) is 1. The maximum atomic E-state index is 12.6. The van der Waals surface area contributed by atoms with E-state index in [4.69, 9.17) is 14.2 Å². The Balaban J connectivity index is 1.90. The molecular formula is C19H24O6. The lowest BCUT2D eigenvalue weighted by atomic mass is 9.98. The van der Waals surface area contributed by atoms with Crippen LogP contribution in [0.1, 0.15) is 67.5 Å². The van der Waals surface area contributed by atoms with Gasteiger partial charge in [-0.05, 0) is 38.7 Å². The second kappa shape index (κ2) is 7.44. The van der Waals surface area contributed by atoms with Crippen LogP contribution in [-0.4, -0.2) is 36.2 Å². The maximum Gasteiger partial charge on any atom is 0.342 e. The average Bonchev–Trinajstić information content (AvgIpc) is 3.32. The number of hydrogen-bond acceptors (Lipinski definition) is 6. The number of methoxy groups -OCH3 is 1. The van der Waals surface area contributed by atoms with Crippen molar-refractivity contribution >= 4 is 11.8 Å². The molecule has 1 aromatic rings. The molecule has 6 nitrogen and oxygen atoms in total. The van der Waals surface area contributed by atoms with E-state index in [-0.39, 0.29) is 35.4 Å². The molecule has 6 heteroatoms. The summed E-state index contributed by atoms with van der Waals surface area (Å²) < 4.78 is 16.4. The molecule has 0 spiro atoms. The molecule has 1 aromatic carbocycles. The normalized spacial score (nSPS) is 27.5. The summed E-state index contributed by atoms with van der Waals surface area (Å²) in [7, 11) is 1.50. The predicted molar refractivity (Wildman–Crippen MR) is 89.9 cm³/mol. The largest absolute Gasteiger partial charge is 0.507 e. The Kier molecular flexibility index (Phi) is 5.27. The molecule has 0 bridgehead atoms. The predicted octanol–water partition coefficient (Wildman–Crippen LogP) is 3.31. The Morgan fingerprint density at radius 2 is 1.88 bits per heavy atom. The van der Waals surface area contributed by atoms with Gasteiger partial charge in [0.25, 0.3) is 0 Å². The van der Waals surface area contributed by atoms with Gasteiger partial charge in [0.1, 0.15) is 28.9 Å². The van der Waals surface area contributed by atoms with Gasteiger partial charge in [0, 0.05) is 24.5 Å². The molecule has 0 amide bonds.